The molecule has 2 amide bonds. The van der Waals surface area contributed by atoms with Gasteiger partial charge in [-0.15, -0.1) is 0 Å². The number of nitrogens with zero attached hydrogens (tertiary/aromatic N) is 1. The van der Waals surface area contributed by atoms with Gasteiger partial charge in [-0.05, 0) is 36.9 Å². The molecule has 146 valence electrons. The molecule has 1 rings (SSSR count). The van der Waals surface area contributed by atoms with Crippen molar-refractivity contribution < 1.29 is 18.8 Å². The Kier molecular flexibility index (Phi) is 7.68. The zero-order chi connectivity index (χ0) is 19.4. The van der Waals surface area contributed by atoms with E-state index in [1.54, 1.807) is 0 Å². The zero-order valence-corrected chi connectivity index (χ0v) is 18.3. The molecule has 0 radical (unpaired) electrons. The van der Waals surface area contributed by atoms with Crippen molar-refractivity contribution in [2.75, 3.05) is 13.2 Å². The van der Waals surface area contributed by atoms with Gasteiger partial charge in [0.15, 0.2) is 8.32 Å². The van der Waals surface area contributed by atoms with Crippen molar-refractivity contribution in [1.29, 1.82) is 0 Å². The summed E-state index contributed by atoms with van der Waals surface area (Å²) in [6.45, 7) is 18.2. The van der Waals surface area contributed by atoms with Crippen molar-refractivity contribution in [3.05, 3.63) is 0 Å². The first-order valence-electron chi connectivity index (χ1n) is 9.52. The lowest BCUT2D eigenvalue weighted by Gasteiger charge is -2.36. The number of amides is 2. The Balaban J connectivity index is 2.40. The van der Waals surface area contributed by atoms with Gasteiger partial charge in [-0.25, -0.2) is 9.69 Å². The van der Waals surface area contributed by atoms with Gasteiger partial charge in [-0.3, -0.25) is 4.79 Å². The molecule has 0 saturated carbocycles. The number of ether oxygens (including phenoxy) is 1. The van der Waals surface area contributed by atoms with E-state index < -0.39 is 14.4 Å². The van der Waals surface area contributed by atoms with Crippen LogP contribution in [0.1, 0.15) is 60.8 Å². The quantitative estimate of drug-likeness (QED) is 0.453. The Morgan fingerprint density at radius 3 is 2.40 bits per heavy atom. The topological polar surface area (TPSA) is 55.8 Å². The maximum atomic E-state index is 12.6. The molecular formula is C19H37NO4Si. The lowest BCUT2D eigenvalue weighted by atomic mass is 9.99. The number of cyclic esters (lactones) is 1. The summed E-state index contributed by atoms with van der Waals surface area (Å²) in [5.41, 5.74) is 0. The van der Waals surface area contributed by atoms with Crippen LogP contribution in [0.5, 0.6) is 0 Å². The zero-order valence-electron chi connectivity index (χ0n) is 17.3. The summed E-state index contributed by atoms with van der Waals surface area (Å²) in [4.78, 5) is 25.8. The Hall–Kier alpha value is -0.883. The van der Waals surface area contributed by atoms with E-state index in [0.29, 0.717) is 6.61 Å². The second-order valence-electron chi connectivity index (χ2n) is 9.10. The Labute approximate surface area is 154 Å². The maximum Gasteiger partial charge on any atom is 0.416 e. The number of imide groups is 1. The van der Waals surface area contributed by atoms with E-state index >= 15 is 0 Å². The SMILES string of the molecule is CC(C)[C@H]1COC(=O)N1C(=O)[C@@H](C)CCCCO[Si](C)(C)C(C)(C)C. The summed E-state index contributed by atoms with van der Waals surface area (Å²) in [6.07, 6.45) is 2.16. The molecule has 0 aromatic carbocycles. The predicted molar refractivity (Wildman–Crippen MR) is 103 cm³/mol. The van der Waals surface area contributed by atoms with Crippen LogP contribution in [0.4, 0.5) is 4.79 Å². The second-order valence-corrected chi connectivity index (χ2v) is 13.9. The third-order valence-electron chi connectivity index (χ3n) is 5.64. The fourth-order valence-corrected chi connectivity index (χ4v) is 3.73. The molecule has 1 saturated heterocycles. The minimum atomic E-state index is -1.69. The van der Waals surface area contributed by atoms with E-state index in [0.717, 1.165) is 25.9 Å². The average Bonchev–Trinajstić information content (AvgIpc) is 2.86. The molecule has 0 bridgehead atoms. The Morgan fingerprint density at radius 1 is 1.28 bits per heavy atom. The van der Waals surface area contributed by atoms with Crippen LogP contribution >= 0.6 is 0 Å². The van der Waals surface area contributed by atoms with Gasteiger partial charge < -0.3 is 9.16 Å². The number of hydrogen-bond acceptors (Lipinski definition) is 4. The number of unbranched alkanes of at least 4 members (excludes halogenated alkanes) is 1. The first-order chi connectivity index (χ1) is 11.4. The summed E-state index contributed by atoms with van der Waals surface area (Å²) in [5.74, 6) is -0.0631. The van der Waals surface area contributed by atoms with E-state index in [4.69, 9.17) is 9.16 Å². The maximum absolute atomic E-state index is 12.6. The van der Waals surface area contributed by atoms with Crippen LogP contribution < -0.4 is 0 Å². The van der Waals surface area contributed by atoms with E-state index in [1.165, 1.54) is 4.90 Å². The number of rotatable bonds is 8. The van der Waals surface area contributed by atoms with Crippen LogP contribution in [-0.4, -0.2) is 44.5 Å². The van der Waals surface area contributed by atoms with Crippen molar-refractivity contribution >= 4 is 20.3 Å². The molecule has 5 nitrogen and oxygen atoms in total. The van der Waals surface area contributed by atoms with Gasteiger partial charge in [0.25, 0.3) is 0 Å². The van der Waals surface area contributed by atoms with Crippen LogP contribution in [0.15, 0.2) is 0 Å². The molecule has 1 aliphatic rings. The molecule has 0 N–H and O–H groups in total. The lowest BCUT2D eigenvalue weighted by Crippen LogP contribution is -2.44. The van der Waals surface area contributed by atoms with Gasteiger partial charge >= 0.3 is 6.09 Å². The van der Waals surface area contributed by atoms with Gasteiger partial charge in [-0.1, -0.05) is 48.0 Å². The third kappa shape index (κ3) is 5.81. The van der Waals surface area contributed by atoms with Crippen LogP contribution in [0, 0.1) is 11.8 Å². The molecule has 2 atom stereocenters. The smallest absolute Gasteiger partial charge is 0.416 e. The molecule has 1 heterocycles. The average molecular weight is 372 g/mol. The standard InChI is InChI=1S/C19H37NO4Si/c1-14(2)16-13-23-18(22)20(16)17(21)15(3)11-9-10-12-24-25(7,8)19(4,5)6/h14-16H,9-13H2,1-8H3/t15-,16+/m0/s1. The second kappa shape index (κ2) is 8.67. The normalized spacial score (nSPS) is 20.1. The van der Waals surface area contributed by atoms with Crippen molar-refractivity contribution in [3.63, 3.8) is 0 Å². The first-order valence-corrected chi connectivity index (χ1v) is 12.4. The third-order valence-corrected chi connectivity index (χ3v) is 10.2. The highest BCUT2D eigenvalue weighted by atomic mass is 28.4. The van der Waals surface area contributed by atoms with Gasteiger partial charge in [0, 0.05) is 12.5 Å². The molecule has 25 heavy (non-hydrogen) atoms. The highest BCUT2D eigenvalue weighted by Gasteiger charge is 2.41. The summed E-state index contributed by atoms with van der Waals surface area (Å²) in [5, 5.41) is 0.220. The highest BCUT2D eigenvalue weighted by molar-refractivity contribution is 6.74. The van der Waals surface area contributed by atoms with E-state index in [1.807, 2.05) is 20.8 Å². The van der Waals surface area contributed by atoms with Crippen molar-refractivity contribution in [3.8, 4) is 0 Å². The van der Waals surface area contributed by atoms with Crippen LogP contribution in [0.25, 0.3) is 0 Å². The summed E-state index contributed by atoms with van der Waals surface area (Å²) < 4.78 is 11.2. The summed E-state index contributed by atoms with van der Waals surface area (Å²) in [7, 11) is -1.69. The van der Waals surface area contributed by atoms with Crippen molar-refractivity contribution in [2.24, 2.45) is 11.8 Å². The number of hydrogen-bond donors (Lipinski definition) is 0. The van der Waals surface area contributed by atoms with Crippen molar-refractivity contribution in [1.82, 2.24) is 4.90 Å². The number of carbonyl (C=O) groups excluding carboxylic acids is 2. The van der Waals surface area contributed by atoms with Gasteiger partial charge in [-0.2, -0.15) is 0 Å². The molecule has 0 aromatic rings. The Morgan fingerprint density at radius 2 is 1.88 bits per heavy atom. The molecule has 1 aliphatic heterocycles. The first kappa shape index (κ1) is 22.2. The highest BCUT2D eigenvalue weighted by Crippen LogP contribution is 2.36. The lowest BCUT2D eigenvalue weighted by molar-refractivity contribution is -0.133. The summed E-state index contributed by atoms with van der Waals surface area (Å²) in [6, 6.07) is -0.135. The van der Waals surface area contributed by atoms with Gasteiger partial charge in [0.1, 0.15) is 6.61 Å². The minimum Gasteiger partial charge on any atom is -0.447 e. The molecule has 1 fully saturated rings. The van der Waals surface area contributed by atoms with Gasteiger partial charge in [0.2, 0.25) is 5.91 Å². The van der Waals surface area contributed by atoms with Crippen LogP contribution in [-0.2, 0) is 14.0 Å². The summed E-state index contributed by atoms with van der Waals surface area (Å²) >= 11 is 0. The van der Waals surface area contributed by atoms with Crippen LogP contribution in [0.3, 0.4) is 0 Å². The predicted octanol–water partition coefficient (Wildman–Crippen LogP) is 4.82. The number of carbonyl (C=O) groups is 2. The molecule has 0 aliphatic carbocycles. The molecular weight excluding hydrogens is 334 g/mol. The molecule has 0 unspecified atom stereocenters. The Bertz CT molecular complexity index is 471. The van der Waals surface area contributed by atoms with Gasteiger partial charge in [0.05, 0.1) is 6.04 Å². The monoisotopic (exact) mass is 371 g/mol. The van der Waals surface area contributed by atoms with Crippen molar-refractivity contribution in [2.45, 2.75) is 85.0 Å². The van der Waals surface area contributed by atoms with E-state index in [9.17, 15) is 9.59 Å². The fraction of sp³-hybridized carbons (Fsp3) is 0.895. The van der Waals surface area contributed by atoms with E-state index in [2.05, 4.69) is 33.9 Å². The molecule has 0 spiro atoms. The molecule has 6 heteroatoms. The molecule has 0 aromatic heterocycles. The fourth-order valence-electron chi connectivity index (χ4n) is 2.64. The van der Waals surface area contributed by atoms with E-state index in [-0.39, 0.29) is 28.8 Å². The minimum absolute atomic E-state index is 0.105. The largest absolute Gasteiger partial charge is 0.447 e. The van der Waals surface area contributed by atoms with Crippen LogP contribution in [0.2, 0.25) is 18.1 Å².